The predicted octanol–water partition coefficient (Wildman–Crippen LogP) is 2.20. The van der Waals surface area contributed by atoms with Crippen molar-refractivity contribution < 1.29 is 14.8 Å². The molecule has 1 aromatic carbocycles. The molecular weight excluding hydrogens is 248 g/mol. The second-order valence-electron chi connectivity index (χ2n) is 4.87. The Kier molecular flexibility index (Phi) is 3.69. The van der Waals surface area contributed by atoms with Gasteiger partial charge in [0.2, 0.25) is 0 Å². The molecule has 1 aromatic rings. The van der Waals surface area contributed by atoms with Gasteiger partial charge in [0, 0.05) is 19.2 Å². The van der Waals surface area contributed by atoms with Gasteiger partial charge in [0.1, 0.15) is 5.69 Å². The number of aliphatic carboxylic acids is 1. The molecule has 2 rings (SSSR count). The number of nitro benzene ring substituents is 1. The van der Waals surface area contributed by atoms with Crippen LogP contribution in [0.25, 0.3) is 0 Å². The zero-order chi connectivity index (χ0) is 14.0. The predicted molar refractivity (Wildman–Crippen MR) is 70.4 cm³/mol. The Morgan fingerprint density at radius 3 is 2.89 bits per heavy atom. The molecule has 0 amide bonds. The standard InChI is InChI=1S/C13H16N2O4/c1-9-4-5-11(15(18)19)12(7-9)14-6-2-3-10(8-14)13(16)17/h4-5,7,10H,2-3,6,8H2,1H3,(H,16,17). The average molecular weight is 264 g/mol. The first kappa shape index (κ1) is 13.3. The maximum absolute atomic E-state index is 11.1. The van der Waals surface area contributed by atoms with Gasteiger partial charge in [-0.25, -0.2) is 0 Å². The molecule has 0 spiro atoms. The Bertz CT molecular complexity index is 515. The van der Waals surface area contributed by atoms with E-state index in [1.165, 1.54) is 6.07 Å². The van der Waals surface area contributed by atoms with E-state index in [9.17, 15) is 14.9 Å². The Hall–Kier alpha value is -2.11. The topological polar surface area (TPSA) is 83.7 Å². The highest BCUT2D eigenvalue weighted by Crippen LogP contribution is 2.32. The third-order valence-corrected chi connectivity index (χ3v) is 3.44. The summed E-state index contributed by atoms with van der Waals surface area (Å²) in [5.41, 5.74) is 1.49. The fourth-order valence-electron chi connectivity index (χ4n) is 2.44. The summed E-state index contributed by atoms with van der Waals surface area (Å²) in [4.78, 5) is 23.5. The van der Waals surface area contributed by atoms with Crippen LogP contribution in [-0.4, -0.2) is 29.1 Å². The van der Waals surface area contributed by atoms with E-state index in [0.717, 1.165) is 12.0 Å². The first-order valence-corrected chi connectivity index (χ1v) is 6.22. The van der Waals surface area contributed by atoms with E-state index in [1.54, 1.807) is 12.1 Å². The second kappa shape index (κ2) is 5.26. The summed E-state index contributed by atoms with van der Waals surface area (Å²) in [6.45, 7) is 2.86. The molecule has 6 nitrogen and oxygen atoms in total. The largest absolute Gasteiger partial charge is 0.481 e. The number of carboxylic acid groups (broad SMARTS) is 1. The number of hydrogen-bond donors (Lipinski definition) is 1. The highest BCUT2D eigenvalue weighted by Gasteiger charge is 2.28. The van der Waals surface area contributed by atoms with E-state index in [-0.39, 0.29) is 5.69 Å². The fourth-order valence-corrected chi connectivity index (χ4v) is 2.44. The third kappa shape index (κ3) is 2.83. The molecule has 0 saturated carbocycles. The summed E-state index contributed by atoms with van der Waals surface area (Å²) >= 11 is 0. The van der Waals surface area contributed by atoms with Crippen LogP contribution in [0.15, 0.2) is 18.2 Å². The molecular formula is C13H16N2O4. The number of nitrogens with zero attached hydrogens (tertiary/aromatic N) is 2. The highest BCUT2D eigenvalue weighted by atomic mass is 16.6. The monoisotopic (exact) mass is 264 g/mol. The lowest BCUT2D eigenvalue weighted by Crippen LogP contribution is -2.39. The maximum Gasteiger partial charge on any atom is 0.308 e. The summed E-state index contributed by atoms with van der Waals surface area (Å²) in [5, 5.41) is 20.1. The summed E-state index contributed by atoms with van der Waals surface area (Å²) in [6, 6.07) is 4.93. The summed E-state index contributed by atoms with van der Waals surface area (Å²) in [7, 11) is 0. The van der Waals surface area contributed by atoms with Crippen molar-refractivity contribution in [3.63, 3.8) is 0 Å². The van der Waals surface area contributed by atoms with Crippen molar-refractivity contribution in [1.82, 2.24) is 0 Å². The highest BCUT2D eigenvalue weighted by molar-refractivity contribution is 5.72. The first-order valence-electron chi connectivity index (χ1n) is 6.22. The molecule has 0 aliphatic carbocycles. The van der Waals surface area contributed by atoms with Crippen LogP contribution < -0.4 is 4.90 Å². The van der Waals surface area contributed by atoms with Crippen LogP contribution in [0.5, 0.6) is 0 Å². The van der Waals surface area contributed by atoms with Gasteiger partial charge in [-0.15, -0.1) is 0 Å². The molecule has 0 radical (unpaired) electrons. The summed E-state index contributed by atoms with van der Waals surface area (Å²) in [5.74, 6) is -1.28. The molecule has 0 aromatic heterocycles. The number of aryl methyl sites for hydroxylation is 1. The minimum absolute atomic E-state index is 0.0386. The lowest BCUT2D eigenvalue weighted by atomic mass is 9.97. The van der Waals surface area contributed by atoms with E-state index in [4.69, 9.17) is 5.11 Å². The molecule has 102 valence electrons. The van der Waals surface area contributed by atoms with Gasteiger partial charge in [0.25, 0.3) is 5.69 Å². The molecule has 1 saturated heterocycles. The minimum Gasteiger partial charge on any atom is -0.481 e. The Morgan fingerprint density at radius 2 is 2.26 bits per heavy atom. The number of carbonyl (C=O) groups is 1. The van der Waals surface area contributed by atoms with Crippen LogP contribution in [0.4, 0.5) is 11.4 Å². The lowest BCUT2D eigenvalue weighted by Gasteiger charge is -2.32. The lowest BCUT2D eigenvalue weighted by molar-refractivity contribution is -0.384. The van der Waals surface area contributed by atoms with Crippen molar-refractivity contribution in [1.29, 1.82) is 0 Å². The van der Waals surface area contributed by atoms with E-state index in [0.29, 0.717) is 25.2 Å². The Morgan fingerprint density at radius 1 is 1.53 bits per heavy atom. The SMILES string of the molecule is Cc1ccc([N+](=O)[O-])c(N2CCCC(C(=O)O)C2)c1. The molecule has 1 aliphatic rings. The first-order chi connectivity index (χ1) is 8.99. The zero-order valence-corrected chi connectivity index (χ0v) is 10.7. The van der Waals surface area contributed by atoms with Crippen molar-refractivity contribution in [3.05, 3.63) is 33.9 Å². The molecule has 1 unspecified atom stereocenters. The second-order valence-corrected chi connectivity index (χ2v) is 4.87. The fraction of sp³-hybridized carbons (Fsp3) is 0.462. The number of benzene rings is 1. The van der Waals surface area contributed by atoms with Gasteiger partial charge in [0.05, 0.1) is 10.8 Å². The minimum atomic E-state index is -0.833. The van der Waals surface area contributed by atoms with Crippen molar-refractivity contribution >= 4 is 17.3 Å². The van der Waals surface area contributed by atoms with Gasteiger partial charge in [-0.2, -0.15) is 0 Å². The van der Waals surface area contributed by atoms with E-state index in [2.05, 4.69) is 0 Å². The van der Waals surface area contributed by atoms with Crippen LogP contribution in [0, 0.1) is 23.0 Å². The zero-order valence-electron chi connectivity index (χ0n) is 10.7. The number of rotatable bonds is 3. The number of piperidine rings is 1. The van der Waals surface area contributed by atoms with Gasteiger partial charge < -0.3 is 10.0 Å². The van der Waals surface area contributed by atoms with Crippen LogP contribution in [-0.2, 0) is 4.79 Å². The van der Waals surface area contributed by atoms with E-state index < -0.39 is 16.8 Å². The molecule has 1 heterocycles. The summed E-state index contributed by atoms with van der Waals surface area (Å²) < 4.78 is 0. The number of nitro groups is 1. The van der Waals surface area contributed by atoms with Crippen molar-refractivity contribution in [2.45, 2.75) is 19.8 Å². The molecule has 1 fully saturated rings. The van der Waals surface area contributed by atoms with Gasteiger partial charge >= 0.3 is 5.97 Å². The molecule has 0 bridgehead atoms. The van der Waals surface area contributed by atoms with E-state index in [1.807, 2.05) is 11.8 Å². The average Bonchev–Trinajstić information content (AvgIpc) is 2.38. The number of anilines is 1. The van der Waals surface area contributed by atoms with Crippen molar-refractivity contribution in [2.75, 3.05) is 18.0 Å². The van der Waals surface area contributed by atoms with Crippen LogP contribution in [0.2, 0.25) is 0 Å². The smallest absolute Gasteiger partial charge is 0.308 e. The van der Waals surface area contributed by atoms with Crippen LogP contribution >= 0.6 is 0 Å². The quantitative estimate of drug-likeness (QED) is 0.668. The molecule has 1 N–H and O–H groups in total. The van der Waals surface area contributed by atoms with Gasteiger partial charge in [-0.05, 0) is 31.4 Å². The van der Waals surface area contributed by atoms with Crippen LogP contribution in [0.1, 0.15) is 18.4 Å². The Balaban J connectivity index is 2.32. The normalized spacial score (nSPS) is 19.2. The molecule has 1 atom stereocenters. The van der Waals surface area contributed by atoms with Gasteiger partial charge in [-0.3, -0.25) is 14.9 Å². The van der Waals surface area contributed by atoms with Gasteiger partial charge in [-0.1, -0.05) is 6.07 Å². The van der Waals surface area contributed by atoms with Gasteiger partial charge in [0.15, 0.2) is 0 Å². The molecule has 1 aliphatic heterocycles. The number of hydrogen-bond acceptors (Lipinski definition) is 4. The maximum atomic E-state index is 11.1. The molecule has 6 heteroatoms. The molecule has 19 heavy (non-hydrogen) atoms. The summed E-state index contributed by atoms with van der Waals surface area (Å²) in [6.07, 6.45) is 1.37. The van der Waals surface area contributed by atoms with Crippen molar-refractivity contribution in [2.24, 2.45) is 5.92 Å². The van der Waals surface area contributed by atoms with Crippen molar-refractivity contribution in [3.8, 4) is 0 Å². The van der Waals surface area contributed by atoms with Crippen LogP contribution in [0.3, 0.4) is 0 Å². The Labute approximate surface area is 110 Å². The number of carboxylic acids is 1. The van der Waals surface area contributed by atoms with E-state index >= 15 is 0 Å². The third-order valence-electron chi connectivity index (χ3n) is 3.44.